The fourth-order valence-corrected chi connectivity index (χ4v) is 3.58. The first-order valence-electron chi connectivity index (χ1n) is 5.93. The van der Waals surface area contributed by atoms with E-state index in [1.807, 2.05) is 18.4 Å². The van der Waals surface area contributed by atoms with E-state index in [1.54, 1.807) is 6.07 Å². The summed E-state index contributed by atoms with van der Waals surface area (Å²) in [5, 5.41) is 14.0. The Balaban J connectivity index is 2.29. The standard InChI is InChI=1S/C14H10BrF3N2S/c1-8(13-11(15)4-5-21-13)20-12-3-2-10(14(16,17)18)6-9(12)7-19/h2-6,8,20H,1H3. The second-order valence-electron chi connectivity index (χ2n) is 4.37. The van der Waals surface area contributed by atoms with Gasteiger partial charge in [0.05, 0.1) is 22.9 Å². The minimum atomic E-state index is -4.45. The van der Waals surface area contributed by atoms with E-state index in [0.717, 1.165) is 21.5 Å². The number of hydrogen-bond acceptors (Lipinski definition) is 3. The Bertz CT molecular complexity index is 688. The summed E-state index contributed by atoms with van der Waals surface area (Å²) in [7, 11) is 0. The van der Waals surface area contributed by atoms with Gasteiger partial charge in [0, 0.05) is 9.35 Å². The number of anilines is 1. The van der Waals surface area contributed by atoms with Crippen LogP contribution in [0.4, 0.5) is 18.9 Å². The van der Waals surface area contributed by atoms with Crippen molar-refractivity contribution in [2.75, 3.05) is 5.32 Å². The van der Waals surface area contributed by atoms with Crippen molar-refractivity contribution in [2.24, 2.45) is 0 Å². The topological polar surface area (TPSA) is 35.8 Å². The lowest BCUT2D eigenvalue weighted by molar-refractivity contribution is -0.137. The fraction of sp³-hybridized carbons (Fsp3) is 0.214. The summed E-state index contributed by atoms with van der Waals surface area (Å²) in [5.41, 5.74) is -0.461. The van der Waals surface area contributed by atoms with Gasteiger partial charge in [-0.15, -0.1) is 11.3 Å². The number of rotatable bonds is 3. The van der Waals surface area contributed by atoms with Crippen LogP contribution < -0.4 is 5.32 Å². The van der Waals surface area contributed by atoms with Crippen molar-refractivity contribution in [3.8, 4) is 6.07 Å². The number of halogens is 4. The maximum Gasteiger partial charge on any atom is 0.416 e. The van der Waals surface area contributed by atoms with Gasteiger partial charge in [-0.3, -0.25) is 0 Å². The zero-order valence-corrected chi connectivity index (χ0v) is 13.2. The summed E-state index contributed by atoms with van der Waals surface area (Å²) in [5.74, 6) is 0. The van der Waals surface area contributed by atoms with Crippen LogP contribution in [-0.4, -0.2) is 0 Å². The number of benzene rings is 1. The highest BCUT2D eigenvalue weighted by Gasteiger charge is 2.31. The lowest BCUT2D eigenvalue weighted by Crippen LogP contribution is -2.09. The Morgan fingerprint density at radius 2 is 2.05 bits per heavy atom. The van der Waals surface area contributed by atoms with Crippen molar-refractivity contribution in [1.29, 1.82) is 5.26 Å². The molecule has 110 valence electrons. The van der Waals surface area contributed by atoms with Crippen LogP contribution in [0.15, 0.2) is 34.1 Å². The maximum absolute atomic E-state index is 12.6. The highest BCUT2D eigenvalue weighted by atomic mass is 79.9. The molecule has 0 aliphatic rings. The summed E-state index contributed by atoms with van der Waals surface area (Å²) in [6.45, 7) is 1.88. The molecule has 0 saturated heterocycles. The van der Waals surface area contributed by atoms with Gasteiger partial charge < -0.3 is 5.32 Å². The molecule has 1 aromatic carbocycles. The Morgan fingerprint density at radius 3 is 2.57 bits per heavy atom. The van der Waals surface area contributed by atoms with Crippen molar-refractivity contribution in [2.45, 2.75) is 19.1 Å². The van der Waals surface area contributed by atoms with Crippen LogP contribution in [0.1, 0.15) is 29.0 Å². The van der Waals surface area contributed by atoms with Crippen LogP contribution >= 0.6 is 27.3 Å². The second kappa shape index (κ2) is 6.08. The van der Waals surface area contributed by atoms with E-state index in [4.69, 9.17) is 5.26 Å². The minimum absolute atomic E-state index is 0.0237. The molecular weight excluding hydrogens is 365 g/mol. The third-order valence-electron chi connectivity index (χ3n) is 2.88. The minimum Gasteiger partial charge on any atom is -0.377 e. The van der Waals surface area contributed by atoms with E-state index in [0.29, 0.717) is 5.69 Å². The van der Waals surface area contributed by atoms with Crippen molar-refractivity contribution < 1.29 is 13.2 Å². The Kier molecular flexibility index (Phi) is 4.59. The SMILES string of the molecule is CC(Nc1ccc(C(F)(F)F)cc1C#N)c1sccc1Br. The van der Waals surface area contributed by atoms with E-state index in [9.17, 15) is 13.2 Å². The predicted octanol–water partition coefficient (Wildman–Crippen LogP) is 5.57. The number of hydrogen-bond donors (Lipinski definition) is 1. The normalized spacial score (nSPS) is 12.8. The quantitative estimate of drug-likeness (QED) is 0.761. The molecule has 7 heteroatoms. The molecule has 0 amide bonds. The average Bonchev–Trinajstić information content (AvgIpc) is 2.84. The largest absolute Gasteiger partial charge is 0.416 e. The molecule has 1 unspecified atom stereocenters. The first kappa shape index (κ1) is 15.9. The van der Waals surface area contributed by atoms with Gasteiger partial charge in [0.25, 0.3) is 0 Å². The highest BCUT2D eigenvalue weighted by molar-refractivity contribution is 9.10. The monoisotopic (exact) mass is 374 g/mol. The second-order valence-corrected chi connectivity index (χ2v) is 6.17. The van der Waals surface area contributed by atoms with Crippen LogP contribution in [0.2, 0.25) is 0 Å². The molecule has 0 saturated carbocycles. The van der Waals surface area contributed by atoms with Gasteiger partial charge >= 0.3 is 6.18 Å². The summed E-state index contributed by atoms with van der Waals surface area (Å²) in [6, 6.07) is 6.70. The Morgan fingerprint density at radius 1 is 1.33 bits per heavy atom. The zero-order valence-electron chi connectivity index (χ0n) is 10.8. The summed E-state index contributed by atoms with van der Waals surface area (Å²) in [4.78, 5) is 1.01. The fourth-order valence-electron chi connectivity index (χ4n) is 1.85. The Labute approximate surface area is 132 Å². The van der Waals surface area contributed by atoms with Gasteiger partial charge in [-0.25, -0.2) is 0 Å². The van der Waals surface area contributed by atoms with Crippen molar-refractivity contribution >= 4 is 33.0 Å². The predicted molar refractivity (Wildman–Crippen MR) is 80.2 cm³/mol. The van der Waals surface area contributed by atoms with Crippen LogP contribution in [-0.2, 0) is 6.18 Å². The molecule has 1 atom stereocenters. The van der Waals surface area contributed by atoms with Crippen LogP contribution in [0.25, 0.3) is 0 Å². The first-order valence-corrected chi connectivity index (χ1v) is 7.61. The van der Waals surface area contributed by atoms with Gasteiger partial charge in [0.1, 0.15) is 6.07 Å². The van der Waals surface area contributed by atoms with Crippen molar-refractivity contribution in [3.05, 3.63) is 50.1 Å². The molecule has 2 nitrogen and oxygen atoms in total. The number of thiophene rings is 1. The molecule has 0 aliphatic heterocycles. The first-order chi connectivity index (χ1) is 9.82. The molecule has 0 fully saturated rings. The molecule has 0 bridgehead atoms. The molecule has 1 N–H and O–H groups in total. The van der Waals surface area contributed by atoms with Gasteiger partial charge in [-0.1, -0.05) is 0 Å². The van der Waals surface area contributed by atoms with Crippen molar-refractivity contribution in [3.63, 3.8) is 0 Å². The van der Waals surface area contributed by atoms with E-state index in [1.165, 1.54) is 17.4 Å². The van der Waals surface area contributed by atoms with Crippen molar-refractivity contribution in [1.82, 2.24) is 0 Å². The molecule has 0 aliphatic carbocycles. The van der Waals surface area contributed by atoms with E-state index < -0.39 is 11.7 Å². The lowest BCUT2D eigenvalue weighted by atomic mass is 10.1. The van der Waals surface area contributed by atoms with Gasteiger partial charge in [-0.05, 0) is 52.5 Å². The number of alkyl halides is 3. The van der Waals surface area contributed by atoms with Gasteiger partial charge in [0.15, 0.2) is 0 Å². The van der Waals surface area contributed by atoms with E-state index >= 15 is 0 Å². The summed E-state index contributed by atoms with van der Waals surface area (Å²) >= 11 is 4.94. The molecule has 2 rings (SSSR count). The van der Waals surface area contributed by atoms with E-state index in [2.05, 4.69) is 21.2 Å². The molecule has 1 heterocycles. The van der Waals surface area contributed by atoms with Crippen LogP contribution in [0.3, 0.4) is 0 Å². The maximum atomic E-state index is 12.6. The molecule has 1 aromatic heterocycles. The average molecular weight is 375 g/mol. The number of nitrogens with one attached hydrogen (secondary N) is 1. The smallest absolute Gasteiger partial charge is 0.377 e. The van der Waals surface area contributed by atoms with Gasteiger partial charge in [0.2, 0.25) is 0 Å². The third-order valence-corrected chi connectivity index (χ3v) is 4.93. The summed E-state index contributed by atoms with van der Waals surface area (Å²) in [6.07, 6.45) is -4.45. The lowest BCUT2D eigenvalue weighted by Gasteiger charge is -2.17. The zero-order chi connectivity index (χ0) is 15.6. The van der Waals surface area contributed by atoms with E-state index in [-0.39, 0.29) is 11.6 Å². The number of nitrogens with zero attached hydrogens (tertiary/aromatic N) is 1. The Hall–Kier alpha value is -1.52. The number of nitriles is 1. The van der Waals surface area contributed by atoms with Crippen LogP contribution in [0.5, 0.6) is 0 Å². The highest BCUT2D eigenvalue weighted by Crippen LogP contribution is 2.34. The molecule has 0 spiro atoms. The third kappa shape index (κ3) is 3.57. The molecule has 2 aromatic rings. The molecular formula is C14H10BrF3N2S. The summed E-state index contributed by atoms with van der Waals surface area (Å²) < 4.78 is 38.8. The molecule has 21 heavy (non-hydrogen) atoms. The molecule has 0 radical (unpaired) electrons. The van der Waals surface area contributed by atoms with Crippen LogP contribution in [0, 0.1) is 11.3 Å². The van der Waals surface area contributed by atoms with Gasteiger partial charge in [-0.2, -0.15) is 18.4 Å².